The number of hydrogen-bond donors (Lipinski definition) is 1. The van der Waals surface area contributed by atoms with E-state index in [0.717, 1.165) is 47.3 Å². The molecule has 1 unspecified atom stereocenters. The summed E-state index contributed by atoms with van der Waals surface area (Å²) in [5.74, 6) is -0.645. The minimum Gasteiger partial charge on any atom is -0.324 e. The molecule has 1 aliphatic carbocycles. The zero-order chi connectivity index (χ0) is 19.1. The smallest absolute Gasteiger partial charge is 0.324 e. The van der Waals surface area contributed by atoms with Crippen molar-refractivity contribution in [2.75, 3.05) is 5.32 Å². The van der Waals surface area contributed by atoms with Crippen LogP contribution < -0.4 is 10.9 Å². The number of amides is 1. The Balaban J connectivity index is 1.84. The quantitative estimate of drug-likeness (QED) is 0.878. The Labute approximate surface area is 151 Å². The molecular weight excluding hydrogens is 371 g/mol. The number of aryl methyl sites for hydroxylation is 2. The van der Waals surface area contributed by atoms with Crippen molar-refractivity contribution >= 4 is 23.2 Å². The summed E-state index contributed by atoms with van der Waals surface area (Å²) in [5, 5.41) is 6.15. The van der Waals surface area contributed by atoms with E-state index in [-0.39, 0.29) is 5.69 Å². The number of rotatable bonds is 3. The third-order valence-corrected chi connectivity index (χ3v) is 4.60. The summed E-state index contributed by atoms with van der Waals surface area (Å²) in [6.07, 6.45) is -2.22. The Morgan fingerprint density at radius 3 is 2.73 bits per heavy atom. The molecule has 0 saturated heterocycles. The highest BCUT2D eigenvalue weighted by atomic mass is 35.5. The summed E-state index contributed by atoms with van der Waals surface area (Å²) in [4.78, 5) is 24.5. The molecule has 1 aliphatic rings. The van der Waals surface area contributed by atoms with Crippen LogP contribution in [0.3, 0.4) is 0 Å². The van der Waals surface area contributed by atoms with Crippen LogP contribution >= 0.6 is 11.6 Å². The summed E-state index contributed by atoms with van der Waals surface area (Å²) in [5.41, 5.74) is 0.132. The predicted octanol–water partition coefficient (Wildman–Crippen LogP) is 3.60. The maximum absolute atomic E-state index is 12.9. The van der Waals surface area contributed by atoms with E-state index in [1.165, 1.54) is 19.1 Å². The van der Waals surface area contributed by atoms with Crippen molar-refractivity contribution in [2.24, 2.45) is 0 Å². The Bertz CT molecular complexity index is 924. The van der Waals surface area contributed by atoms with Crippen LogP contribution in [0, 0.1) is 0 Å². The van der Waals surface area contributed by atoms with Crippen molar-refractivity contribution in [3.8, 4) is 0 Å². The van der Waals surface area contributed by atoms with Gasteiger partial charge in [-0.25, -0.2) is 4.68 Å². The first kappa shape index (κ1) is 18.4. The number of alkyl halides is 3. The van der Waals surface area contributed by atoms with Crippen LogP contribution in [0.15, 0.2) is 29.1 Å². The number of carbonyl (C=O) groups excluding carboxylic acids is 1. The SMILES string of the molecule is CC(C(=O)Nc1ccc(Cl)c(C(F)(F)F)c1)n1nc2c(cc1=O)CCC2. The molecule has 3 rings (SSSR count). The fraction of sp³-hybridized carbons (Fsp3) is 0.353. The molecule has 1 aromatic heterocycles. The van der Waals surface area contributed by atoms with Gasteiger partial charge in [-0.15, -0.1) is 0 Å². The normalized spacial score (nSPS) is 14.8. The monoisotopic (exact) mass is 385 g/mol. The predicted molar refractivity (Wildman–Crippen MR) is 90.3 cm³/mol. The number of nitrogens with zero attached hydrogens (tertiary/aromatic N) is 2. The third-order valence-electron chi connectivity index (χ3n) is 4.27. The van der Waals surface area contributed by atoms with Gasteiger partial charge in [0.15, 0.2) is 0 Å². The first-order valence-electron chi connectivity index (χ1n) is 7.96. The third kappa shape index (κ3) is 3.60. The van der Waals surface area contributed by atoms with Crippen LogP contribution in [0.5, 0.6) is 0 Å². The highest BCUT2D eigenvalue weighted by Gasteiger charge is 2.33. The second kappa shape index (κ2) is 6.75. The number of aromatic nitrogens is 2. The molecule has 1 amide bonds. The van der Waals surface area contributed by atoms with E-state index in [1.807, 2.05) is 0 Å². The van der Waals surface area contributed by atoms with Crippen molar-refractivity contribution in [1.29, 1.82) is 0 Å². The second-order valence-corrected chi connectivity index (χ2v) is 6.52. The topological polar surface area (TPSA) is 64.0 Å². The van der Waals surface area contributed by atoms with Gasteiger partial charge in [0.2, 0.25) is 5.91 Å². The van der Waals surface area contributed by atoms with Crippen molar-refractivity contribution in [3.05, 3.63) is 56.5 Å². The minimum atomic E-state index is -4.64. The minimum absolute atomic E-state index is 0.0622. The maximum Gasteiger partial charge on any atom is 0.417 e. The summed E-state index contributed by atoms with van der Waals surface area (Å²) in [6, 6.07) is 3.57. The maximum atomic E-state index is 12.9. The summed E-state index contributed by atoms with van der Waals surface area (Å²) < 4.78 is 39.8. The van der Waals surface area contributed by atoms with Crippen LogP contribution in [0.1, 0.15) is 36.2 Å². The first-order chi connectivity index (χ1) is 12.2. The lowest BCUT2D eigenvalue weighted by Gasteiger charge is -2.16. The lowest BCUT2D eigenvalue weighted by Crippen LogP contribution is -2.34. The van der Waals surface area contributed by atoms with Gasteiger partial charge in [0.25, 0.3) is 5.56 Å². The van der Waals surface area contributed by atoms with Gasteiger partial charge in [0, 0.05) is 11.8 Å². The van der Waals surface area contributed by atoms with E-state index in [2.05, 4.69) is 10.4 Å². The molecule has 0 aliphatic heterocycles. The van der Waals surface area contributed by atoms with Crippen molar-refractivity contribution in [3.63, 3.8) is 0 Å². The lowest BCUT2D eigenvalue weighted by atomic mass is 10.2. The Morgan fingerprint density at radius 2 is 2.04 bits per heavy atom. The Morgan fingerprint density at radius 1 is 1.31 bits per heavy atom. The molecule has 9 heteroatoms. The van der Waals surface area contributed by atoms with Crippen LogP contribution in [0.4, 0.5) is 18.9 Å². The molecule has 2 aromatic rings. The molecule has 138 valence electrons. The largest absolute Gasteiger partial charge is 0.417 e. The number of hydrogen-bond acceptors (Lipinski definition) is 3. The van der Waals surface area contributed by atoms with Gasteiger partial charge >= 0.3 is 6.18 Å². The number of nitrogens with one attached hydrogen (secondary N) is 1. The molecule has 5 nitrogen and oxygen atoms in total. The molecule has 0 spiro atoms. The number of benzene rings is 1. The van der Waals surface area contributed by atoms with Gasteiger partial charge < -0.3 is 5.32 Å². The van der Waals surface area contributed by atoms with Crippen molar-refractivity contribution in [1.82, 2.24) is 9.78 Å². The molecule has 0 saturated carbocycles. The highest BCUT2D eigenvalue weighted by Crippen LogP contribution is 2.36. The molecule has 1 heterocycles. The standard InChI is InChI=1S/C17H15ClF3N3O2/c1-9(24-15(25)7-10-3-2-4-14(10)23-24)16(26)22-11-5-6-13(18)12(8-11)17(19,20)21/h5-9H,2-4H2,1H3,(H,22,26). The highest BCUT2D eigenvalue weighted by molar-refractivity contribution is 6.31. The first-order valence-corrected chi connectivity index (χ1v) is 8.34. The van der Waals surface area contributed by atoms with Gasteiger partial charge in [-0.3, -0.25) is 9.59 Å². The Hall–Kier alpha value is -2.35. The van der Waals surface area contributed by atoms with E-state index < -0.39 is 34.3 Å². The Kier molecular flexibility index (Phi) is 4.79. The summed E-state index contributed by atoms with van der Waals surface area (Å²) in [7, 11) is 0. The van der Waals surface area contributed by atoms with Crippen molar-refractivity contribution in [2.45, 2.75) is 38.4 Å². The average Bonchev–Trinajstić information content (AvgIpc) is 3.01. The fourth-order valence-electron chi connectivity index (χ4n) is 2.87. The van der Waals surface area contributed by atoms with Gasteiger partial charge in [-0.1, -0.05) is 11.6 Å². The molecule has 1 N–H and O–H groups in total. The molecule has 26 heavy (non-hydrogen) atoms. The molecule has 0 radical (unpaired) electrons. The van der Waals surface area contributed by atoms with Gasteiger partial charge in [0.05, 0.1) is 16.3 Å². The van der Waals surface area contributed by atoms with E-state index in [0.29, 0.717) is 0 Å². The van der Waals surface area contributed by atoms with E-state index in [9.17, 15) is 22.8 Å². The molecule has 0 bridgehead atoms. The molecular formula is C17H15ClF3N3O2. The van der Waals surface area contributed by atoms with Gasteiger partial charge in [-0.2, -0.15) is 18.3 Å². The van der Waals surface area contributed by atoms with Crippen LogP contribution in [-0.2, 0) is 23.8 Å². The zero-order valence-corrected chi connectivity index (χ0v) is 14.5. The van der Waals surface area contributed by atoms with Crippen molar-refractivity contribution < 1.29 is 18.0 Å². The number of carbonyl (C=O) groups is 1. The van der Waals surface area contributed by atoms with Crippen LogP contribution in [0.25, 0.3) is 0 Å². The van der Waals surface area contributed by atoms with Crippen LogP contribution in [0.2, 0.25) is 5.02 Å². The number of fused-ring (bicyclic) bond motifs is 1. The average molecular weight is 386 g/mol. The van der Waals surface area contributed by atoms with E-state index in [1.54, 1.807) is 0 Å². The number of halogens is 4. The molecule has 0 fully saturated rings. The fourth-order valence-corrected chi connectivity index (χ4v) is 3.10. The lowest BCUT2D eigenvalue weighted by molar-refractivity contribution is -0.137. The summed E-state index contributed by atoms with van der Waals surface area (Å²) >= 11 is 5.56. The molecule has 1 aromatic carbocycles. The molecule has 1 atom stereocenters. The number of anilines is 1. The van der Waals surface area contributed by atoms with Gasteiger partial charge in [-0.05, 0) is 49.9 Å². The van der Waals surface area contributed by atoms with E-state index in [4.69, 9.17) is 11.6 Å². The zero-order valence-electron chi connectivity index (χ0n) is 13.7. The van der Waals surface area contributed by atoms with Gasteiger partial charge in [0.1, 0.15) is 6.04 Å². The van der Waals surface area contributed by atoms with Crippen LogP contribution in [-0.4, -0.2) is 15.7 Å². The summed E-state index contributed by atoms with van der Waals surface area (Å²) in [6.45, 7) is 1.46. The van der Waals surface area contributed by atoms with E-state index >= 15 is 0 Å². The second-order valence-electron chi connectivity index (χ2n) is 6.11.